The van der Waals surface area contributed by atoms with Crippen molar-refractivity contribution in [3.8, 4) is 0 Å². The molecule has 252 valence electrons. The lowest BCUT2D eigenvalue weighted by Crippen LogP contribution is -2.14. The van der Waals surface area contributed by atoms with Crippen molar-refractivity contribution >= 4 is 69.1 Å². The van der Waals surface area contributed by atoms with Gasteiger partial charge in [0.15, 0.2) is 0 Å². The molecule has 0 atom stereocenters. The van der Waals surface area contributed by atoms with Crippen molar-refractivity contribution in [3.63, 3.8) is 0 Å². The van der Waals surface area contributed by atoms with Gasteiger partial charge in [-0.3, -0.25) is 9.59 Å². The molecule has 4 aromatic carbocycles. The number of carbonyl (C=O) groups excluding carboxylic acids is 2. The Morgan fingerprint density at radius 2 is 0.940 bits per heavy atom. The van der Waals surface area contributed by atoms with Gasteiger partial charge in [-0.15, -0.1) is 0 Å². The van der Waals surface area contributed by atoms with Crippen LogP contribution in [0.2, 0.25) is 10.0 Å². The maximum atomic E-state index is 12.4. The number of hydrogen-bond acceptors (Lipinski definition) is 8. The van der Waals surface area contributed by atoms with Crippen molar-refractivity contribution in [1.82, 2.24) is 19.9 Å². The highest BCUT2D eigenvalue weighted by Crippen LogP contribution is 2.34. The van der Waals surface area contributed by atoms with Gasteiger partial charge in [0.1, 0.15) is 12.7 Å². The summed E-state index contributed by atoms with van der Waals surface area (Å²) in [6.45, 7) is 3.90. The number of anilines is 6. The summed E-state index contributed by atoms with van der Waals surface area (Å²) in [6.07, 6.45) is 9.72. The highest BCUT2D eigenvalue weighted by Gasteiger charge is 2.14. The Morgan fingerprint density at radius 1 is 0.560 bits per heavy atom. The lowest BCUT2D eigenvalue weighted by molar-refractivity contribution is 0.101. The van der Waals surface area contributed by atoms with Gasteiger partial charge in [-0.2, -0.15) is 0 Å². The molecule has 2 N–H and O–H groups in total. The van der Waals surface area contributed by atoms with Crippen LogP contribution in [0.3, 0.4) is 0 Å². The Hall–Kier alpha value is -5.84. The number of aromatic nitrogens is 4. The Labute approximate surface area is 300 Å². The lowest BCUT2D eigenvalue weighted by Gasteiger charge is -2.20. The van der Waals surface area contributed by atoms with E-state index in [1.165, 1.54) is 12.7 Å². The summed E-state index contributed by atoms with van der Waals surface area (Å²) in [7, 11) is 3.73. The molecule has 10 nitrogen and oxygen atoms in total. The van der Waals surface area contributed by atoms with E-state index >= 15 is 0 Å². The van der Waals surface area contributed by atoms with Crippen LogP contribution in [0.5, 0.6) is 0 Å². The number of aryl methyl sites for hydroxylation is 2. The minimum atomic E-state index is -0.164. The minimum absolute atomic E-state index is 0.164. The Balaban J connectivity index is 0.000000194. The number of amides is 2. The number of hydrogen-bond donors (Lipinski definition) is 2. The summed E-state index contributed by atoms with van der Waals surface area (Å²) >= 11 is 12.6. The zero-order valence-electron chi connectivity index (χ0n) is 27.8. The molecule has 0 aliphatic carbocycles. The predicted molar refractivity (Wildman–Crippen MR) is 201 cm³/mol. The average Bonchev–Trinajstić information content (AvgIpc) is 3.13. The van der Waals surface area contributed by atoms with Gasteiger partial charge in [0.25, 0.3) is 11.8 Å². The summed E-state index contributed by atoms with van der Waals surface area (Å²) in [5.74, 6) is -0.328. The predicted octanol–water partition coefficient (Wildman–Crippen LogP) is 8.92. The summed E-state index contributed by atoms with van der Waals surface area (Å²) < 4.78 is 0. The van der Waals surface area contributed by atoms with Gasteiger partial charge < -0.3 is 20.4 Å². The maximum absolute atomic E-state index is 12.4. The van der Waals surface area contributed by atoms with Crippen molar-refractivity contribution in [3.05, 3.63) is 155 Å². The Bertz CT molecular complexity index is 1950. The van der Waals surface area contributed by atoms with E-state index in [1.807, 2.05) is 86.3 Å². The van der Waals surface area contributed by atoms with Crippen LogP contribution >= 0.6 is 23.2 Å². The molecule has 6 aromatic rings. The van der Waals surface area contributed by atoms with Gasteiger partial charge in [-0.25, -0.2) is 19.9 Å². The summed E-state index contributed by atoms with van der Waals surface area (Å²) in [4.78, 5) is 44.6. The highest BCUT2D eigenvalue weighted by atomic mass is 35.5. The molecule has 2 heterocycles. The van der Waals surface area contributed by atoms with Crippen molar-refractivity contribution in [2.24, 2.45) is 0 Å². The number of nitrogens with zero attached hydrogens (tertiary/aromatic N) is 6. The first-order chi connectivity index (χ1) is 24.1. The van der Waals surface area contributed by atoms with Gasteiger partial charge in [-0.05, 0) is 74.5 Å². The Morgan fingerprint density at radius 3 is 1.30 bits per heavy atom. The van der Waals surface area contributed by atoms with Crippen LogP contribution in [0.25, 0.3) is 0 Å². The van der Waals surface area contributed by atoms with Crippen LogP contribution < -0.4 is 20.4 Å². The molecule has 0 unspecified atom stereocenters. The summed E-state index contributed by atoms with van der Waals surface area (Å²) in [6, 6.07) is 25.6. The van der Waals surface area contributed by atoms with Crippen LogP contribution in [0, 0.1) is 13.8 Å². The van der Waals surface area contributed by atoms with Gasteiger partial charge >= 0.3 is 0 Å². The van der Waals surface area contributed by atoms with Gasteiger partial charge in [0.2, 0.25) is 0 Å². The standard InChI is InChI=1S/2C19H17ClN4O/c2*1-13-4-3-5-14(8-13)19(25)23-15-6-7-17(20)18(9-15)24(2)16-10-21-12-22-11-16/h2*3-12H,1-2H3,(H,23,25). The molecule has 0 saturated carbocycles. The molecule has 0 radical (unpaired) electrons. The first-order valence-corrected chi connectivity index (χ1v) is 16.2. The molecule has 0 spiro atoms. The van der Waals surface area contributed by atoms with Gasteiger partial charge in [-0.1, -0.05) is 58.6 Å². The first kappa shape index (κ1) is 35.5. The maximum Gasteiger partial charge on any atom is 0.255 e. The zero-order valence-corrected chi connectivity index (χ0v) is 29.3. The number of benzene rings is 4. The van der Waals surface area contributed by atoms with E-state index in [2.05, 4.69) is 30.6 Å². The van der Waals surface area contributed by atoms with Crippen molar-refractivity contribution in [2.45, 2.75) is 13.8 Å². The molecule has 2 aromatic heterocycles. The third kappa shape index (κ3) is 9.19. The molecule has 0 aliphatic heterocycles. The molecule has 0 fully saturated rings. The van der Waals surface area contributed by atoms with E-state index in [0.29, 0.717) is 32.5 Å². The monoisotopic (exact) mass is 704 g/mol. The van der Waals surface area contributed by atoms with E-state index in [1.54, 1.807) is 61.2 Å². The fraction of sp³-hybridized carbons (Fsp3) is 0.105. The largest absolute Gasteiger partial charge is 0.341 e. The number of rotatable bonds is 8. The second-order valence-electron chi connectivity index (χ2n) is 11.3. The van der Waals surface area contributed by atoms with Crippen LogP contribution in [0.1, 0.15) is 31.8 Å². The number of carbonyl (C=O) groups is 2. The first-order valence-electron chi connectivity index (χ1n) is 15.4. The molecule has 50 heavy (non-hydrogen) atoms. The molecular weight excluding hydrogens is 671 g/mol. The van der Waals surface area contributed by atoms with E-state index in [-0.39, 0.29) is 11.8 Å². The minimum Gasteiger partial charge on any atom is -0.341 e. The Kier molecular flexibility index (Phi) is 11.7. The SMILES string of the molecule is Cc1cccc(C(=O)Nc2ccc(Cl)c(N(C)c3cncnc3)c2)c1.Cc1cccc(C(=O)Nc2ccc(Cl)c(N(C)c3cncnc3)c2)c1. The molecular formula is C38H34Cl2N8O2. The second kappa shape index (κ2) is 16.5. The molecule has 0 saturated heterocycles. The van der Waals surface area contributed by atoms with E-state index in [9.17, 15) is 9.59 Å². The fourth-order valence-corrected chi connectivity index (χ4v) is 5.37. The van der Waals surface area contributed by atoms with E-state index < -0.39 is 0 Å². The number of nitrogens with one attached hydrogen (secondary N) is 2. The fourth-order valence-electron chi connectivity index (χ4n) is 4.88. The molecule has 0 bridgehead atoms. The van der Waals surface area contributed by atoms with Crippen LogP contribution in [0.15, 0.2) is 122 Å². The number of halogens is 2. The highest BCUT2D eigenvalue weighted by molar-refractivity contribution is 6.34. The second-order valence-corrected chi connectivity index (χ2v) is 12.1. The van der Waals surface area contributed by atoms with Gasteiger partial charge in [0.05, 0.1) is 57.6 Å². The van der Waals surface area contributed by atoms with E-state index in [0.717, 1.165) is 33.9 Å². The van der Waals surface area contributed by atoms with Crippen molar-refractivity contribution in [1.29, 1.82) is 0 Å². The normalized spacial score (nSPS) is 10.4. The average molecular weight is 706 g/mol. The van der Waals surface area contributed by atoms with Crippen LogP contribution in [0.4, 0.5) is 34.1 Å². The van der Waals surface area contributed by atoms with Crippen LogP contribution in [-0.4, -0.2) is 45.8 Å². The molecule has 2 amide bonds. The topological polar surface area (TPSA) is 116 Å². The van der Waals surface area contributed by atoms with E-state index in [4.69, 9.17) is 23.2 Å². The lowest BCUT2D eigenvalue weighted by atomic mass is 10.1. The molecule has 6 rings (SSSR count). The summed E-state index contributed by atoms with van der Waals surface area (Å²) in [5.41, 5.74) is 7.71. The quantitative estimate of drug-likeness (QED) is 0.161. The summed E-state index contributed by atoms with van der Waals surface area (Å²) in [5, 5.41) is 6.95. The van der Waals surface area contributed by atoms with Crippen molar-refractivity contribution in [2.75, 3.05) is 34.5 Å². The van der Waals surface area contributed by atoms with Crippen LogP contribution in [-0.2, 0) is 0 Å². The molecule has 0 aliphatic rings. The third-order valence-electron chi connectivity index (χ3n) is 7.56. The zero-order chi connectivity index (χ0) is 35.6. The third-order valence-corrected chi connectivity index (χ3v) is 8.20. The van der Waals surface area contributed by atoms with Crippen molar-refractivity contribution < 1.29 is 9.59 Å². The smallest absolute Gasteiger partial charge is 0.255 e. The molecule has 12 heteroatoms. The van der Waals surface area contributed by atoms with Gasteiger partial charge in [0, 0.05) is 36.6 Å².